The Bertz CT molecular complexity index is 1240. The van der Waals surface area contributed by atoms with Gasteiger partial charge >= 0.3 is 0 Å². The van der Waals surface area contributed by atoms with Crippen molar-refractivity contribution in [2.24, 2.45) is 0 Å². The molecule has 3 aromatic heterocycles. The van der Waals surface area contributed by atoms with Crippen molar-refractivity contribution in [2.45, 2.75) is 6.92 Å². The third-order valence-electron chi connectivity index (χ3n) is 4.43. The number of amides is 2. The molecule has 30 heavy (non-hydrogen) atoms. The first-order valence-corrected chi connectivity index (χ1v) is 9.07. The summed E-state index contributed by atoms with van der Waals surface area (Å²) >= 11 is 0. The Balaban J connectivity index is 1.56. The van der Waals surface area contributed by atoms with Gasteiger partial charge in [0.15, 0.2) is 5.65 Å². The van der Waals surface area contributed by atoms with E-state index in [1.165, 1.54) is 13.3 Å². The molecule has 0 unspecified atom stereocenters. The van der Waals surface area contributed by atoms with E-state index >= 15 is 0 Å². The van der Waals surface area contributed by atoms with E-state index in [0.29, 0.717) is 39.6 Å². The van der Waals surface area contributed by atoms with Crippen LogP contribution in [0.5, 0.6) is 5.75 Å². The lowest BCUT2D eigenvalue weighted by Crippen LogP contribution is -2.15. The number of methoxy groups -OCH3 is 1. The summed E-state index contributed by atoms with van der Waals surface area (Å²) < 4.78 is 6.94. The lowest BCUT2D eigenvalue weighted by atomic mass is 10.2. The largest absolute Gasteiger partial charge is 0.494 e. The number of pyridine rings is 1. The molecular formula is C21H18N6O3. The second-order valence-electron chi connectivity index (χ2n) is 6.41. The molecule has 2 amide bonds. The van der Waals surface area contributed by atoms with Crippen molar-refractivity contribution < 1.29 is 14.3 Å². The number of nitrogens with one attached hydrogen (secondary N) is 2. The number of carbonyl (C=O) groups excluding carboxylic acids is 2. The van der Waals surface area contributed by atoms with Crippen LogP contribution < -0.4 is 15.4 Å². The number of hydrogen-bond acceptors (Lipinski definition) is 6. The number of carbonyl (C=O) groups is 2. The maximum atomic E-state index is 12.8. The Morgan fingerprint density at radius 1 is 1.07 bits per heavy atom. The van der Waals surface area contributed by atoms with Gasteiger partial charge in [-0.1, -0.05) is 0 Å². The average Bonchev–Trinajstić information content (AvgIpc) is 3.11. The van der Waals surface area contributed by atoms with Crippen LogP contribution in [0, 0.1) is 6.92 Å². The van der Waals surface area contributed by atoms with Crippen molar-refractivity contribution in [1.29, 1.82) is 0 Å². The van der Waals surface area contributed by atoms with Gasteiger partial charge < -0.3 is 15.4 Å². The first kappa shape index (κ1) is 19.1. The second kappa shape index (κ2) is 8.00. The van der Waals surface area contributed by atoms with Crippen LogP contribution in [0.4, 0.5) is 11.4 Å². The van der Waals surface area contributed by atoms with Gasteiger partial charge in [0.1, 0.15) is 11.3 Å². The first-order chi connectivity index (χ1) is 14.6. The minimum absolute atomic E-state index is 0.314. The number of benzene rings is 1. The molecule has 0 saturated heterocycles. The van der Waals surface area contributed by atoms with Crippen LogP contribution in [0.15, 0.2) is 61.2 Å². The van der Waals surface area contributed by atoms with E-state index in [1.807, 2.05) is 0 Å². The number of aryl methyl sites for hydroxylation is 1. The van der Waals surface area contributed by atoms with Gasteiger partial charge in [-0.25, -0.2) is 9.50 Å². The molecule has 0 aliphatic carbocycles. The third-order valence-corrected chi connectivity index (χ3v) is 4.43. The van der Waals surface area contributed by atoms with E-state index < -0.39 is 0 Å². The van der Waals surface area contributed by atoms with Crippen molar-refractivity contribution in [1.82, 2.24) is 19.6 Å². The number of rotatable bonds is 5. The molecule has 0 saturated carbocycles. The van der Waals surface area contributed by atoms with Crippen LogP contribution in [-0.2, 0) is 0 Å². The van der Waals surface area contributed by atoms with Crippen molar-refractivity contribution in [3.8, 4) is 5.75 Å². The number of ether oxygens (including phenoxy) is 1. The van der Waals surface area contributed by atoms with E-state index in [0.717, 1.165) is 0 Å². The fourth-order valence-electron chi connectivity index (χ4n) is 3.02. The van der Waals surface area contributed by atoms with Gasteiger partial charge in [0.25, 0.3) is 11.8 Å². The molecule has 0 aliphatic rings. The summed E-state index contributed by atoms with van der Waals surface area (Å²) in [6.45, 7) is 1.75. The van der Waals surface area contributed by atoms with Gasteiger partial charge in [0.2, 0.25) is 0 Å². The third kappa shape index (κ3) is 3.68. The van der Waals surface area contributed by atoms with Crippen LogP contribution in [0.3, 0.4) is 0 Å². The van der Waals surface area contributed by atoms with Gasteiger partial charge in [-0.15, -0.1) is 0 Å². The zero-order chi connectivity index (χ0) is 21.1. The molecule has 0 atom stereocenters. The van der Waals surface area contributed by atoms with Crippen LogP contribution in [-0.4, -0.2) is 38.5 Å². The zero-order valence-electron chi connectivity index (χ0n) is 16.3. The molecule has 9 nitrogen and oxygen atoms in total. The van der Waals surface area contributed by atoms with Gasteiger partial charge in [-0.3, -0.25) is 14.6 Å². The van der Waals surface area contributed by atoms with Crippen molar-refractivity contribution in [3.63, 3.8) is 0 Å². The van der Waals surface area contributed by atoms with E-state index in [2.05, 4.69) is 25.7 Å². The molecule has 150 valence electrons. The molecular weight excluding hydrogens is 384 g/mol. The maximum absolute atomic E-state index is 12.8. The first-order valence-electron chi connectivity index (χ1n) is 9.07. The monoisotopic (exact) mass is 402 g/mol. The number of aromatic nitrogens is 4. The molecule has 9 heteroatoms. The highest BCUT2D eigenvalue weighted by molar-refractivity contribution is 6.09. The molecule has 0 spiro atoms. The number of nitrogens with zero attached hydrogens (tertiary/aromatic N) is 4. The Morgan fingerprint density at radius 3 is 2.70 bits per heavy atom. The van der Waals surface area contributed by atoms with Crippen molar-refractivity contribution in [3.05, 3.63) is 78.0 Å². The summed E-state index contributed by atoms with van der Waals surface area (Å²) in [7, 11) is 1.49. The molecule has 4 aromatic rings. The van der Waals surface area contributed by atoms with E-state index in [1.54, 1.807) is 66.4 Å². The minimum Gasteiger partial charge on any atom is -0.494 e. The smallest absolute Gasteiger partial charge is 0.261 e. The molecule has 3 heterocycles. The second-order valence-corrected chi connectivity index (χ2v) is 6.41. The van der Waals surface area contributed by atoms with Crippen molar-refractivity contribution >= 4 is 28.8 Å². The molecule has 0 bridgehead atoms. The maximum Gasteiger partial charge on any atom is 0.261 e. The summed E-state index contributed by atoms with van der Waals surface area (Å²) in [5, 5.41) is 9.91. The topological polar surface area (TPSA) is 111 Å². The SMILES string of the molecule is COc1cc(NC(=O)c2c(C)nn3cccnc23)ccc1NC(=O)c1cccnc1. The fraction of sp³-hybridized carbons (Fsp3) is 0.0952. The lowest BCUT2D eigenvalue weighted by Gasteiger charge is -2.12. The fourth-order valence-corrected chi connectivity index (χ4v) is 3.02. The normalized spacial score (nSPS) is 10.6. The standard InChI is InChI=1S/C21H18N6O3/c1-13-18(19-23-9-4-10-27(19)26-13)21(29)24-15-6-7-16(17(11-15)30-2)25-20(28)14-5-3-8-22-12-14/h3-12H,1-2H3,(H,24,29)(H,25,28). The lowest BCUT2D eigenvalue weighted by molar-refractivity contribution is 0.101. The van der Waals surface area contributed by atoms with E-state index in [4.69, 9.17) is 4.74 Å². The minimum atomic E-state index is -0.338. The highest BCUT2D eigenvalue weighted by atomic mass is 16.5. The quantitative estimate of drug-likeness (QED) is 0.531. The van der Waals surface area contributed by atoms with Crippen LogP contribution in [0.25, 0.3) is 5.65 Å². The van der Waals surface area contributed by atoms with E-state index in [-0.39, 0.29) is 11.8 Å². The Labute approximate surface area is 171 Å². The van der Waals surface area contributed by atoms with Gasteiger partial charge in [0, 0.05) is 36.5 Å². The summed E-state index contributed by atoms with van der Waals surface area (Å²) in [5.74, 6) is -0.249. The Kier molecular flexibility index (Phi) is 5.08. The highest BCUT2D eigenvalue weighted by Gasteiger charge is 2.19. The van der Waals surface area contributed by atoms with Gasteiger partial charge in [-0.2, -0.15) is 5.10 Å². The predicted molar refractivity (Wildman–Crippen MR) is 111 cm³/mol. The number of fused-ring (bicyclic) bond motifs is 1. The molecule has 1 aromatic carbocycles. The van der Waals surface area contributed by atoms with Gasteiger partial charge in [-0.05, 0) is 37.3 Å². The molecule has 0 fully saturated rings. The zero-order valence-corrected chi connectivity index (χ0v) is 16.3. The molecule has 0 radical (unpaired) electrons. The summed E-state index contributed by atoms with van der Waals surface area (Å²) in [6.07, 6.45) is 6.41. The van der Waals surface area contributed by atoms with Crippen LogP contribution in [0.2, 0.25) is 0 Å². The van der Waals surface area contributed by atoms with Crippen LogP contribution in [0.1, 0.15) is 26.4 Å². The Hall–Kier alpha value is -4.27. The predicted octanol–water partition coefficient (Wildman–Crippen LogP) is 2.95. The van der Waals surface area contributed by atoms with E-state index in [9.17, 15) is 9.59 Å². The number of anilines is 2. The van der Waals surface area contributed by atoms with Crippen molar-refractivity contribution in [2.75, 3.05) is 17.7 Å². The molecule has 4 rings (SSSR count). The molecule has 0 aliphatic heterocycles. The van der Waals surface area contributed by atoms with Gasteiger partial charge in [0.05, 0.1) is 24.1 Å². The molecule has 2 N–H and O–H groups in total. The Morgan fingerprint density at radius 2 is 1.93 bits per heavy atom. The van der Waals surface area contributed by atoms with Crippen LogP contribution >= 0.6 is 0 Å². The summed E-state index contributed by atoms with van der Waals surface area (Å²) in [6, 6.07) is 10.0. The summed E-state index contributed by atoms with van der Waals surface area (Å²) in [4.78, 5) is 33.4. The highest BCUT2D eigenvalue weighted by Crippen LogP contribution is 2.29. The number of hydrogen-bond donors (Lipinski definition) is 2. The summed E-state index contributed by atoms with van der Waals surface area (Å²) in [5.41, 5.74) is 2.83. The average molecular weight is 402 g/mol.